The van der Waals surface area contributed by atoms with Crippen molar-refractivity contribution >= 4 is 8.03 Å². The van der Waals surface area contributed by atoms with Crippen molar-refractivity contribution in [2.75, 3.05) is 20.3 Å². The Balaban J connectivity index is 2.02. The first-order valence-electron chi connectivity index (χ1n) is 8.66. The Hall–Kier alpha value is -0.140. The van der Waals surface area contributed by atoms with Crippen LogP contribution in [-0.4, -0.2) is 56.6 Å². The molecule has 2 saturated heterocycles. The molecule has 0 aromatic carbocycles. The van der Waals surface area contributed by atoms with Crippen LogP contribution in [0.3, 0.4) is 0 Å². The number of rotatable bonds is 10. The molecule has 2 fully saturated rings. The Bertz CT molecular complexity index is 417. The van der Waals surface area contributed by atoms with Crippen LogP contribution in [0.15, 0.2) is 0 Å². The first-order chi connectivity index (χ1) is 11.4. The fourth-order valence-electron chi connectivity index (χ4n) is 3.01. The molecule has 140 valence electrons. The smallest absolute Gasteiger partial charge is 0.353 e. The lowest BCUT2D eigenvalue weighted by molar-refractivity contribution is -0.229. The average Bonchev–Trinajstić information content (AvgIpc) is 3.00. The summed E-state index contributed by atoms with van der Waals surface area (Å²) >= 11 is 0. The van der Waals surface area contributed by atoms with E-state index in [1.807, 2.05) is 20.8 Å². The molecule has 2 heterocycles. The Morgan fingerprint density at radius 3 is 2.54 bits per heavy atom. The molecule has 2 aliphatic rings. The summed E-state index contributed by atoms with van der Waals surface area (Å²) in [5.41, 5.74) is 0. The summed E-state index contributed by atoms with van der Waals surface area (Å²) in [6.45, 7) is 8.56. The van der Waals surface area contributed by atoms with Gasteiger partial charge < -0.3 is 23.7 Å². The van der Waals surface area contributed by atoms with Crippen LogP contribution in [0.25, 0.3) is 0 Å². The summed E-state index contributed by atoms with van der Waals surface area (Å²) < 4.78 is 46.5. The van der Waals surface area contributed by atoms with Crippen molar-refractivity contribution in [2.45, 2.75) is 83.2 Å². The van der Waals surface area contributed by atoms with E-state index in [1.165, 1.54) is 0 Å². The van der Waals surface area contributed by atoms with Crippen LogP contribution in [-0.2, 0) is 32.8 Å². The van der Waals surface area contributed by atoms with E-state index >= 15 is 0 Å². The van der Waals surface area contributed by atoms with Gasteiger partial charge in [0.05, 0.1) is 25.7 Å². The summed E-state index contributed by atoms with van der Waals surface area (Å²) in [7, 11) is -0.348. The number of ether oxygens (including phenoxy) is 5. The molecular weight excluding hydrogens is 335 g/mol. The number of hydrogen-bond acceptors (Lipinski definition) is 7. The lowest BCUT2D eigenvalue weighted by Gasteiger charge is -2.23. The minimum absolute atomic E-state index is 0.271. The van der Waals surface area contributed by atoms with Gasteiger partial charge in [0, 0.05) is 7.11 Å². The van der Waals surface area contributed by atoms with Crippen molar-refractivity contribution in [3.8, 4) is 0 Å². The summed E-state index contributed by atoms with van der Waals surface area (Å²) in [6, 6.07) is 0. The Morgan fingerprint density at radius 1 is 1.21 bits per heavy atom. The van der Waals surface area contributed by atoms with Crippen molar-refractivity contribution in [1.29, 1.82) is 0 Å². The SMILES string of the molecule is CCCCOC(C[C@H]1O[C@@H](OC)[C@@H]2OC(C)(C)O[C@@H]21)[P+](=O)OCC. The maximum absolute atomic E-state index is 12.3. The standard InChI is InChI=1S/C16H30O7P/c1-6-8-9-19-12(24(17)20-7-2)10-11-13-14(15(18-5)21-11)23-16(3,4)22-13/h11-15H,6-10H2,1-5H3/q+1/t11-,12?,13-,14-,15-/m1/s1. The van der Waals surface area contributed by atoms with Gasteiger partial charge in [-0.15, -0.1) is 4.52 Å². The normalized spacial score (nSPS) is 33.5. The lowest BCUT2D eigenvalue weighted by Crippen LogP contribution is -2.32. The van der Waals surface area contributed by atoms with Crippen molar-refractivity contribution in [2.24, 2.45) is 0 Å². The van der Waals surface area contributed by atoms with E-state index < -0.39 is 26.0 Å². The molecule has 7 nitrogen and oxygen atoms in total. The summed E-state index contributed by atoms with van der Waals surface area (Å²) in [6.07, 6.45) is 0.967. The Labute approximate surface area is 145 Å². The molecule has 8 heteroatoms. The van der Waals surface area contributed by atoms with Crippen LogP contribution < -0.4 is 0 Å². The topological polar surface area (TPSA) is 72.5 Å². The molecule has 2 rings (SSSR count). The highest BCUT2D eigenvalue weighted by atomic mass is 31.1. The van der Waals surface area contributed by atoms with Crippen molar-refractivity contribution in [3.05, 3.63) is 0 Å². The van der Waals surface area contributed by atoms with Gasteiger partial charge in [-0.05, 0) is 31.8 Å². The van der Waals surface area contributed by atoms with Crippen LogP contribution in [0, 0.1) is 0 Å². The van der Waals surface area contributed by atoms with E-state index in [2.05, 4.69) is 6.92 Å². The lowest BCUT2D eigenvalue weighted by atomic mass is 10.1. The van der Waals surface area contributed by atoms with Crippen molar-refractivity contribution < 1.29 is 32.8 Å². The van der Waals surface area contributed by atoms with Gasteiger partial charge in [0.2, 0.25) is 0 Å². The summed E-state index contributed by atoms with van der Waals surface area (Å²) in [4.78, 5) is 0. The quantitative estimate of drug-likeness (QED) is 0.435. The van der Waals surface area contributed by atoms with E-state index in [4.69, 9.17) is 28.2 Å². The van der Waals surface area contributed by atoms with E-state index in [0.717, 1.165) is 12.8 Å². The number of methoxy groups -OCH3 is 1. The van der Waals surface area contributed by atoms with Gasteiger partial charge >= 0.3 is 8.03 Å². The first-order valence-corrected chi connectivity index (χ1v) is 9.91. The average molecular weight is 365 g/mol. The monoisotopic (exact) mass is 365 g/mol. The van der Waals surface area contributed by atoms with Gasteiger partial charge in [-0.2, -0.15) is 0 Å². The zero-order chi connectivity index (χ0) is 17.7. The van der Waals surface area contributed by atoms with Crippen LogP contribution >= 0.6 is 8.03 Å². The molecule has 2 unspecified atom stereocenters. The second-order valence-corrected chi connectivity index (χ2v) is 7.87. The van der Waals surface area contributed by atoms with Gasteiger partial charge in [0.25, 0.3) is 5.85 Å². The van der Waals surface area contributed by atoms with Gasteiger partial charge in [0.15, 0.2) is 12.1 Å². The van der Waals surface area contributed by atoms with E-state index in [1.54, 1.807) is 7.11 Å². The molecule has 0 aromatic heterocycles. The zero-order valence-electron chi connectivity index (χ0n) is 15.2. The second-order valence-electron chi connectivity index (χ2n) is 6.46. The highest BCUT2D eigenvalue weighted by Crippen LogP contribution is 2.43. The minimum Gasteiger partial charge on any atom is -0.353 e. The Kier molecular flexibility index (Phi) is 7.56. The fraction of sp³-hybridized carbons (Fsp3) is 1.00. The molecule has 2 aliphatic heterocycles. The van der Waals surface area contributed by atoms with Crippen LogP contribution in [0.4, 0.5) is 0 Å². The maximum Gasteiger partial charge on any atom is 0.540 e. The van der Waals surface area contributed by atoms with E-state index in [0.29, 0.717) is 19.6 Å². The van der Waals surface area contributed by atoms with Crippen LogP contribution in [0.2, 0.25) is 0 Å². The first kappa shape index (κ1) is 20.2. The third kappa shape index (κ3) is 4.94. The molecule has 24 heavy (non-hydrogen) atoms. The van der Waals surface area contributed by atoms with Crippen LogP contribution in [0.5, 0.6) is 0 Å². The predicted octanol–water partition coefficient (Wildman–Crippen LogP) is 3.19. The molecular formula is C16H30O7P+. The fourth-order valence-corrected chi connectivity index (χ4v) is 4.04. The molecule has 0 spiro atoms. The highest BCUT2D eigenvalue weighted by Gasteiger charge is 2.57. The highest BCUT2D eigenvalue weighted by molar-refractivity contribution is 7.39. The number of unbranched alkanes of at least 4 members (excludes halogenated alkanes) is 1. The van der Waals surface area contributed by atoms with Crippen molar-refractivity contribution in [3.63, 3.8) is 0 Å². The predicted molar refractivity (Wildman–Crippen MR) is 88.0 cm³/mol. The molecule has 0 N–H and O–H groups in total. The van der Waals surface area contributed by atoms with Gasteiger partial charge in [-0.25, -0.2) is 0 Å². The molecule has 0 aromatic rings. The maximum atomic E-state index is 12.3. The molecule has 0 amide bonds. The summed E-state index contributed by atoms with van der Waals surface area (Å²) in [5.74, 6) is -1.21. The number of hydrogen-bond donors (Lipinski definition) is 0. The third-order valence-electron chi connectivity index (χ3n) is 4.07. The number of fused-ring (bicyclic) bond motifs is 1. The second kappa shape index (κ2) is 8.99. The van der Waals surface area contributed by atoms with Gasteiger partial charge in [-0.3, -0.25) is 0 Å². The third-order valence-corrected chi connectivity index (χ3v) is 5.42. The Morgan fingerprint density at radius 2 is 1.92 bits per heavy atom. The van der Waals surface area contributed by atoms with Crippen molar-refractivity contribution in [1.82, 2.24) is 0 Å². The molecule has 0 bridgehead atoms. The molecule has 0 radical (unpaired) electrons. The largest absolute Gasteiger partial charge is 0.540 e. The minimum atomic E-state index is -1.93. The summed E-state index contributed by atoms with van der Waals surface area (Å²) in [5, 5.41) is 0. The zero-order valence-corrected chi connectivity index (χ0v) is 16.1. The molecule has 0 saturated carbocycles. The van der Waals surface area contributed by atoms with E-state index in [9.17, 15) is 4.57 Å². The van der Waals surface area contributed by atoms with E-state index in [-0.39, 0.29) is 18.3 Å². The molecule has 6 atom stereocenters. The van der Waals surface area contributed by atoms with Crippen LogP contribution in [0.1, 0.15) is 47.0 Å². The van der Waals surface area contributed by atoms with Gasteiger partial charge in [0.1, 0.15) is 12.2 Å². The molecule has 0 aliphatic carbocycles. The van der Waals surface area contributed by atoms with Gasteiger partial charge in [-0.1, -0.05) is 13.3 Å².